The first-order chi connectivity index (χ1) is 9.72. The summed E-state index contributed by atoms with van der Waals surface area (Å²) in [5.41, 5.74) is 1.20. The normalized spacial score (nSPS) is 10.5. The molecule has 0 amide bonds. The highest BCUT2D eigenvalue weighted by atomic mass is 16.5. The molecule has 1 rings (SSSR count). The van der Waals surface area contributed by atoms with Gasteiger partial charge in [0.05, 0.1) is 6.61 Å². The van der Waals surface area contributed by atoms with E-state index in [0.29, 0.717) is 6.42 Å². The van der Waals surface area contributed by atoms with Gasteiger partial charge in [0.25, 0.3) is 0 Å². The Bertz CT molecular complexity index is 368. The van der Waals surface area contributed by atoms with Crippen LogP contribution in [0.25, 0.3) is 0 Å². The summed E-state index contributed by atoms with van der Waals surface area (Å²) < 4.78 is 5.73. The van der Waals surface area contributed by atoms with E-state index in [4.69, 9.17) is 4.74 Å². The molecule has 0 bridgehead atoms. The first-order valence-corrected chi connectivity index (χ1v) is 7.93. The van der Waals surface area contributed by atoms with Crippen LogP contribution >= 0.6 is 0 Å². The Hall–Kier alpha value is -1.31. The van der Waals surface area contributed by atoms with Crippen LogP contribution < -0.4 is 4.74 Å². The summed E-state index contributed by atoms with van der Waals surface area (Å²) in [5.74, 6) is 1.18. The number of ether oxygens (including phenoxy) is 1. The van der Waals surface area contributed by atoms with Gasteiger partial charge in [0.2, 0.25) is 0 Å². The molecule has 0 aromatic heterocycles. The van der Waals surface area contributed by atoms with Crippen LogP contribution in [0.5, 0.6) is 5.75 Å². The number of ketones is 1. The average Bonchev–Trinajstić information content (AvgIpc) is 2.45. The summed E-state index contributed by atoms with van der Waals surface area (Å²) in [6, 6.07) is 8.12. The topological polar surface area (TPSA) is 26.3 Å². The van der Waals surface area contributed by atoms with Crippen molar-refractivity contribution in [1.29, 1.82) is 0 Å². The van der Waals surface area contributed by atoms with E-state index in [2.05, 4.69) is 19.1 Å². The van der Waals surface area contributed by atoms with E-state index in [0.717, 1.165) is 25.2 Å². The van der Waals surface area contributed by atoms with E-state index in [9.17, 15) is 4.79 Å². The predicted molar refractivity (Wildman–Crippen MR) is 84.3 cm³/mol. The van der Waals surface area contributed by atoms with Crippen LogP contribution in [-0.4, -0.2) is 12.4 Å². The molecule has 0 fully saturated rings. The highest BCUT2D eigenvalue weighted by molar-refractivity contribution is 5.75. The minimum absolute atomic E-state index is 0.244. The molecule has 0 atom stereocenters. The van der Waals surface area contributed by atoms with Crippen LogP contribution in [0.1, 0.15) is 64.4 Å². The van der Waals surface area contributed by atoms with Crippen LogP contribution in [0.2, 0.25) is 0 Å². The maximum atomic E-state index is 10.9. The fourth-order valence-electron chi connectivity index (χ4n) is 2.15. The Morgan fingerprint density at radius 2 is 1.65 bits per heavy atom. The summed E-state index contributed by atoms with van der Waals surface area (Å²) in [7, 11) is 0. The van der Waals surface area contributed by atoms with Crippen molar-refractivity contribution in [1.82, 2.24) is 0 Å². The van der Waals surface area contributed by atoms with Gasteiger partial charge in [0.1, 0.15) is 11.5 Å². The minimum atomic E-state index is 0.244. The number of benzene rings is 1. The van der Waals surface area contributed by atoms with Crippen molar-refractivity contribution >= 4 is 5.78 Å². The van der Waals surface area contributed by atoms with Crippen LogP contribution in [0.15, 0.2) is 24.3 Å². The quantitative estimate of drug-likeness (QED) is 0.535. The molecule has 1 aromatic carbocycles. The molecule has 0 radical (unpaired) electrons. The second-order valence-corrected chi connectivity index (χ2v) is 5.46. The van der Waals surface area contributed by atoms with E-state index in [1.807, 2.05) is 12.1 Å². The summed E-state index contributed by atoms with van der Waals surface area (Å²) in [4.78, 5) is 10.9. The Kier molecular flexibility index (Phi) is 8.77. The van der Waals surface area contributed by atoms with Gasteiger partial charge < -0.3 is 9.53 Å². The lowest BCUT2D eigenvalue weighted by Crippen LogP contribution is -1.98. The Morgan fingerprint density at radius 3 is 2.30 bits per heavy atom. The first-order valence-electron chi connectivity index (χ1n) is 7.93. The molecule has 0 saturated heterocycles. The number of aryl methyl sites for hydroxylation is 1. The third-order valence-electron chi connectivity index (χ3n) is 3.46. The van der Waals surface area contributed by atoms with Gasteiger partial charge in [-0.15, -0.1) is 0 Å². The van der Waals surface area contributed by atoms with Gasteiger partial charge in [-0.25, -0.2) is 0 Å². The summed E-state index contributed by atoms with van der Waals surface area (Å²) in [5, 5.41) is 0. The standard InChI is InChI=1S/C18H28O2/c1-3-4-5-6-7-8-15-20-18-13-11-17(12-14-18)10-9-16(2)19/h11-14H,3-10,15H2,1-2H3. The molecule has 0 spiro atoms. The molecule has 0 saturated carbocycles. The van der Waals surface area contributed by atoms with Crippen molar-refractivity contribution in [2.24, 2.45) is 0 Å². The molecular weight excluding hydrogens is 248 g/mol. The van der Waals surface area contributed by atoms with Gasteiger partial charge >= 0.3 is 0 Å². The number of Topliss-reactive ketones (excluding diaryl/α,β-unsaturated/α-hetero) is 1. The van der Waals surface area contributed by atoms with Gasteiger partial charge in [-0.2, -0.15) is 0 Å². The second-order valence-electron chi connectivity index (χ2n) is 5.46. The Labute approximate surface area is 123 Å². The molecule has 20 heavy (non-hydrogen) atoms. The van der Waals surface area contributed by atoms with Gasteiger partial charge in [-0.1, -0.05) is 51.2 Å². The Balaban J connectivity index is 2.13. The van der Waals surface area contributed by atoms with Crippen molar-refractivity contribution in [3.63, 3.8) is 0 Å². The molecule has 2 nitrogen and oxygen atoms in total. The lowest BCUT2D eigenvalue weighted by atomic mass is 10.1. The van der Waals surface area contributed by atoms with Gasteiger partial charge in [0.15, 0.2) is 0 Å². The highest BCUT2D eigenvalue weighted by Gasteiger charge is 1.98. The zero-order chi connectivity index (χ0) is 14.6. The van der Waals surface area contributed by atoms with E-state index in [-0.39, 0.29) is 5.78 Å². The van der Waals surface area contributed by atoms with Gasteiger partial charge in [0, 0.05) is 6.42 Å². The first kappa shape index (κ1) is 16.7. The van der Waals surface area contributed by atoms with Crippen molar-refractivity contribution in [2.75, 3.05) is 6.61 Å². The fourth-order valence-corrected chi connectivity index (χ4v) is 2.15. The van der Waals surface area contributed by atoms with E-state index in [1.54, 1.807) is 6.92 Å². The second kappa shape index (κ2) is 10.5. The Morgan fingerprint density at radius 1 is 1.00 bits per heavy atom. The number of rotatable bonds is 11. The van der Waals surface area contributed by atoms with Crippen molar-refractivity contribution in [3.05, 3.63) is 29.8 Å². The molecule has 1 aromatic rings. The van der Waals surface area contributed by atoms with Crippen LogP contribution in [0.3, 0.4) is 0 Å². The zero-order valence-corrected chi connectivity index (χ0v) is 13.0. The maximum absolute atomic E-state index is 10.9. The minimum Gasteiger partial charge on any atom is -0.494 e. The molecule has 0 heterocycles. The SMILES string of the molecule is CCCCCCCCOc1ccc(CCC(C)=O)cc1. The summed E-state index contributed by atoms with van der Waals surface area (Å²) >= 11 is 0. The van der Waals surface area contributed by atoms with Crippen LogP contribution in [0, 0.1) is 0 Å². The number of unbranched alkanes of at least 4 members (excludes halogenated alkanes) is 5. The third-order valence-corrected chi connectivity index (χ3v) is 3.46. The monoisotopic (exact) mass is 276 g/mol. The average molecular weight is 276 g/mol. The predicted octanol–water partition coefficient (Wildman–Crippen LogP) is 4.95. The van der Waals surface area contributed by atoms with Crippen molar-refractivity contribution in [2.45, 2.75) is 65.2 Å². The summed E-state index contributed by atoms with van der Waals surface area (Å²) in [6.45, 7) is 4.68. The van der Waals surface area contributed by atoms with E-state index in [1.165, 1.54) is 37.7 Å². The molecule has 112 valence electrons. The van der Waals surface area contributed by atoms with Gasteiger partial charge in [-0.05, 0) is 37.5 Å². The summed E-state index contributed by atoms with van der Waals surface area (Å²) in [6.07, 6.45) is 9.16. The smallest absolute Gasteiger partial charge is 0.130 e. The lowest BCUT2D eigenvalue weighted by Gasteiger charge is -2.07. The number of hydrogen-bond acceptors (Lipinski definition) is 2. The lowest BCUT2D eigenvalue weighted by molar-refractivity contribution is -0.116. The highest BCUT2D eigenvalue weighted by Crippen LogP contribution is 2.14. The van der Waals surface area contributed by atoms with Crippen molar-refractivity contribution < 1.29 is 9.53 Å². The molecule has 0 unspecified atom stereocenters. The number of carbonyl (C=O) groups excluding carboxylic acids is 1. The van der Waals surface area contributed by atoms with Gasteiger partial charge in [-0.3, -0.25) is 0 Å². The zero-order valence-electron chi connectivity index (χ0n) is 13.0. The number of hydrogen-bond donors (Lipinski definition) is 0. The third kappa shape index (κ3) is 7.98. The molecule has 0 N–H and O–H groups in total. The molecular formula is C18H28O2. The van der Waals surface area contributed by atoms with Crippen LogP contribution in [0.4, 0.5) is 0 Å². The molecule has 0 aliphatic rings. The molecule has 2 heteroatoms. The van der Waals surface area contributed by atoms with Crippen molar-refractivity contribution in [3.8, 4) is 5.75 Å². The molecule has 0 aliphatic heterocycles. The molecule has 0 aliphatic carbocycles. The van der Waals surface area contributed by atoms with E-state index >= 15 is 0 Å². The van der Waals surface area contributed by atoms with E-state index < -0.39 is 0 Å². The van der Waals surface area contributed by atoms with Crippen LogP contribution in [-0.2, 0) is 11.2 Å². The maximum Gasteiger partial charge on any atom is 0.130 e. The largest absolute Gasteiger partial charge is 0.494 e. The fraction of sp³-hybridized carbons (Fsp3) is 0.611. The number of carbonyl (C=O) groups is 1.